The second-order valence-corrected chi connectivity index (χ2v) is 27.3. The maximum Gasteiger partial charge on any atom is 0.361 e. The number of allylic oxidation sites excluding steroid dienone is 26. The van der Waals surface area contributed by atoms with Crippen LogP contribution in [-0.4, -0.2) is 87.4 Å². The van der Waals surface area contributed by atoms with Crippen molar-refractivity contribution in [1.82, 2.24) is 0 Å². The Morgan fingerprint density at radius 1 is 0.309 bits per heavy atom. The fraction of sp³-hybridized carbons (Fsp3) is 0.670. The minimum absolute atomic E-state index is 0.175. The van der Waals surface area contributed by atoms with Gasteiger partial charge in [0.25, 0.3) is 6.29 Å². The quantitative estimate of drug-likeness (QED) is 0.0211. The average Bonchev–Trinajstić information content (AvgIpc) is 2.39. The third kappa shape index (κ3) is 78.1. The second-order valence-electron chi connectivity index (χ2n) is 27.3. The largest absolute Gasteiger partial charge is 0.477 e. The van der Waals surface area contributed by atoms with Crippen molar-refractivity contribution in [2.75, 3.05) is 47.5 Å². The first-order valence-corrected chi connectivity index (χ1v) is 39.6. The average molecular weight is 1350 g/mol. The SMILES string of the molecule is CC/C=C\C/C=C\C/C=C\C/C=C\C/C=C\C/C=C\C/C=C\C/C=C\C/C=C\CCCCCC(=O)OC(COC(=O)CCCCCCCCCCCCCCCCCCCCCCCCCCCCCC/C=C\C/C=C\C/C=C\C/C=C\CC)COC(OCC[N+](C)(C)C)C(=O)O. The molecule has 0 saturated heterocycles. The van der Waals surface area contributed by atoms with Crippen LogP contribution in [0, 0.1) is 0 Å². The van der Waals surface area contributed by atoms with Crippen LogP contribution in [0.3, 0.4) is 0 Å². The number of hydrogen-bond donors (Lipinski definition) is 1. The number of carboxylic acid groups (broad SMARTS) is 1. The lowest BCUT2D eigenvalue weighted by Gasteiger charge is -2.25. The normalized spacial score (nSPS) is 13.5. The molecule has 0 rings (SSSR count). The number of unbranched alkanes of at least 4 members (excludes halogenated alkanes) is 31. The van der Waals surface area contributed by atoms with E-state index in [4.69, 9.17) is 18.9 Å². The maximum absolute atomic E-state index is 13.0. The molecule has 0 aromatic rings. The molecule has 0 saturated carbocycles. The molecule has 97 heavy (non-hydrogen) atoms. The zero-order chi connectivity index (χ0) is 70.4. The van der Waals surface area contributed by atoms with Gasteiger partial charge in [0.2, 0.25) is 0 Å². The van der Waals surface area contributed by atoms with E-state index in [1.165, 1.54) is 167 Å². The lowest BCUT2D eigenvalue weighted by Crippen LogP contribution is -2.40. The molecule has 0 heterocycles. The number of hydrogen-bond acceptors (Lipinski definition) is 7. The number of likely N-dealkylation sites (N-methyl/N-ethyl adjacent to an activating group) is 1. The highest BCUT2D eigenvalue weighted by molar-refractivity contribution is 5.71. The van der Waals surface area contributed by atoms with Gasteiger partial charge in [0, 0.05) is 12.8 Å². The molecule has 0 aliphatic heterocycles. The summed E-state index contributed by atoms with van der Waals surface area (Å²) in [7, 11) is 5.96. The number of rotatable bonds is 72. The first-order valence-electron chi connectivity index (χ1n) is 39.6. The summed E-state index contributed by atoms with van der Waals surface area (Å²) in [6, 6.07) is 0. The highest BCUT2D eigenvalue weighted by Gasteiger charge is 2.25. The van der Waals surface area contributed by atoms with Gasteiger partial charge in [-0.25, -0.2) is 4.79 Å². The first-order chi connectivity index (χ1) is 47.6. The minimum atomic E-state index is -1.53. The zero-order valence-electron chi connectivity index (χ0n) is 63.2. The van der Waals surface area contributed by atoms with E-state index < -0.39 is 24.3 Å². The highest BCUT2D eigenvalue weighted by Crippen LogP contribution is 2.18. The topological polar surface area (TPSA) is 108 Å². The fourth-order valence-corrected chi connectivity index (χ4v) is 10.8. The Morgan fingerprint density at radius 3 is 0.835 bits per heavy atom. The van der Waals surface area contributed by atoms with Crippen molar-refractivity contribution in [3.05, 3.63) is 158 Å². The molecule has 0 aliphatic carbocycles. The summed E-state index contributed by atoms with van der Waals surface area (Å²) in [5, 5.41) is 9.77. The molecule has 0 spiro atoms. The van der Waals surface area contributed by atoms with E-state index in [9.17, 15) is 19.5 Å². The molecule has 0 radical (unpaired) electrons. The maximum atomic E-state index is 13.0. The molecule has 1 N–H and O–H groups in total. The summed E-state index contributed by atoms with van der Waals surface area (Å²) >= 11 is 0. The van der Waals surface area contributed by atoms with E-state index in [1.807, 2.05) is 21.1 Å². The van der Waals surface area contributed by atoms with E-state index in [1.54, 1.807) is 0 Å². The van der Waals surface area contributed by atoms with E-state index in [-0.39, 0.29) is 32.2 Å². The standard InChI is InChI=1S/C88H147NO8/c1-6-8-10-12-14-16-18-20-22-24-26-28-30-32-34-36-38-39-40-41-42-43-44-45-46-47-49-50-52-54-56-58-60-62-64-66-68-70-72-74-76-78-85(90)95-82-84(83-96-88(87(92)93)94-81-80-89(3,4)5)97-86(91)79-77-75-73-71-69-67-65-63-61-59-57-55-53-51-48-37-35-33-31-29-27-25-23-21-19-17-15-13-11-9-7-2/h8-11,14-17,20-23,26-29,33,35,48,51,55,57,61,63,67,69,84,88H,6-7,12-13,18-19,24-25,30-32,34,36-47,49-50,52-54,56,58-60,62,64-66,68,70-83H2,1-5H3/p+1/b10-8-,11-9-,16-14-,17-15-,22-20-,23-21-,28-26-,29-27-,35-33-,51-48-,57-55-,63-61-,69-67-. The van der Waals surface area contributed by atoms with Crippen LogP contribution in [0.25, 0.3) is 0 Å². The molecule has 0 amide bonds. The minimum Gasteiger partial charge on any atom is -0.477 e. The summed E-state index contributed by atoms with van der Waals surface area (Å²) in [6.07, 6.45) is 111. The molecular formula is C88H148NO8+. The van der Waals surface area contributed by atoms with Gasteiger partial charge in [-0.15, -0.1) is 0 Å². The van der Waals surface area contributed by atoms with E-state index in [0.717, 1.165) is 122 Å². The first kappa shape index (κ1) is 91.9. The van der Waals surface area contributed by atoms with Crippen LogP contribution >= 0.6 is 0 Å². The molecule has 9 nitrogen and oxygen atoms in total. The van der Waals surface area contributed by atoms with Crippen LogP contribution in [0.5, 0.6) is 0 Å². The second kappa shape index (κ2) is 76.7. The van der Waals surface area contributed by atoms with Gasteiger partial charge in [0.15, 0.2) is 6.10 Å². The van der Waals surface area contributed by atoms with Gasteiger partial charge in [0.1, 0.15) is 13.2 Å². The molecule has 0 bridgehead atoms. The van der Waals surface area contributed by atoms with Gasteiger partial charge in [-0.1, -0.05) is 345 Å². The molecule has 552 valence electrons. The molecule has 0 aromatic carbocycles. The molecule has 2 atom stereocenters. The van der Waals surface area contributed by atoms with Crippen LogP contribution in [0.4, 0.5) is 0 Å². The number of carbonyl (C=O) groups excluding carboxylic acids is 2. The molecule has 0 aliphatic rings. The van der Waals surface area contributed by atoms with Crippen LogP contribution in [0.15, 0.2) is 158 Å². The summed E-state index contributed by atoms with van der Waals surface area (Å²) in [4.78, 5) is 37.7. The summed E-state index contributed by atoms with van der Waals surface area (Å²) in [5.41, 5.74) is 0. The van der Waals surface area contributed by atoms with Crippen molar-refractivity contribution in [1.29, 1.82) is 0 Å². The van der Waals surface area contributed by atoms with E-state index in [2.05, 4.69) is 172 Å². The highest BCUT2D eigenvalue weighted by atomic mass is 16.7. The van der Waals surface area contributed by atoms with Gasteiger partial charge in [-0.05, 0) is 122 Å². The molecule has 9 heteroatoms. The number of aliphatic carboxylic acids is 1. The smallest absolute Gasteiger partial charge is 0.361 e. The van der Waals surface area contributed by atoms with Crippen molar-refractivity contribution in [3.8, 4) is 0 Å². The number of esters is 2. The predicted molar refractivity (Wildman–Crippen MR) is 419 cm³/mol. The van der Waals surface area contributed by atoms with Gasteiger partial charge in [-0.3, -0.25) is 9.59 Å². The third-order valence-electron chi connectivity index (χ3n) is 16.8. The third-order valence-corrected chi connectivity index (χ3v) is 16.8. The molecule has 2 unspecified atom stereocenters. The summed E-state index contributed by atoms with van der Waals surface area (Å²) in [5.74, 6) is -2.05. The number of carboxylic acids is 1. The summed E-state index contributed by atoms with van der Waals surface area (Å²) < 4.78 is 23.0. The summed E-state index contributed by atoms with van der Waals surface area (Å²) in [6.45, 7) is 4.62. The van der Waals surface area contributed by atoms with Crippen LogP contribution in [0.1, 0.15) is 322 Å². The van der Waals surface area contributed by atoms with Crippen LogP contribution < -0.4 is 0 Å². The number of nitrogens with zero attached hydrogens (tertiary/aromatic N) is 1. The van der Waals surface area contributed by atoms with Gasteiger partial charge in [-0.2, -0.15) is 0 Å². The predicted octanol–water partition coefficient (Wildman–Crippen LogP) is 25.6. The molecule has 0 fully saturated rings. The lowest BCUT2D eigenvalue weighted by molar-refractivity contribution is -0.870. The number of quaternary nitrogens is 1. The van der Waals surface area contributed by atoms with Gasteiger partial charge in [0.05, 0.1) is 34.4 Å². The Labute approximate surface area is 597 Å². The van der Waals surface area contributed by atoms with Crippen molar-refractivity contribution < 1.29 is 42.9 Å². The van der Waals surface area contributed by atoms with Crippen LogP contribution in [0.2, 0.25) is 0 Å². The number of carbonyl (C=O) groups is 3. The Balaban J connectivity index is 4.06. The zero-order valence-corrected chi connectivity index (χ0v) is 63.2. The van der Waals surface area contributed by atoms with Crippen molar-refractivity contribution in [3.63, 3.8) is 0 Å². The fourth-order valence-electron chi connectivity index (χ4n) is 10.8. The molecular weight excluding hydrogens is 1200 g/mol. The monoisotopic (exact) mass is 1350 g/mol. The Kier molecular flexibility index (Phi) is 72.6. The Morgan fingerprint density at radius 2 is 0.557 bits per heavy atom. The Bertz CT molecular complexity index is 2160. The van der Waals surface area contributed by atoms with Crippen LogP contribution in [-0.2, 0) is 33.3 Å². The van der Waals surface area contributed by atoms with E-state index >= 15 is 0 Å². The van der Waals surface area contributed by atoms with E-state index in [0.29, 0.717) is 23.9 Å². The van der Waals surface area contributed by atoms with Gasteiger partial charge < -0.3 is 28.5 Å². The van der Waals surface area contributed by atoms with Gasteiger partial charge >= 0.3 is 17.9 Å². The Hall–Kier alpha value is -5.09. The molecule has 0 aromatic heterocycles. The van der Waals surface area contributed by atoms with Crippen molar-refractivity contribution in [2.45, 2.75) is 334 Å². The van der Waals surface area contributed by atoms with Crippen molar-refractivity contribution >= 4 is 17.9 Å². The number of ether oxygens (including phenoxy) is 4. The lowest BCUT2D eigenvalue weighted by atomic mass is 10.0. The van der Waals surface area contributed by atoms with Crippen molar-refractivity contribution in [2.24, 2.45) is 0 Å².